The van der Waals surface area contributed by atoms with E-state index in [0.717, 1.165) is 22.6 Å². The molecule has 0 unspecified atom stereocenters. The lowest BCUT2D eigenvalue weighted by Gasteiger charge is -2.15. The van der Waals surface area contributed by atoms with Gasteiger partial charge in [0.05, 0.1) is 24.9 Å². The quantitative estimate of drug-likeness (QED) is 0.655. The van der Waals surface area contributed by atoms with Gasteiger partial charge < -0.3 is 19.6 Å². The molecule has 1 aromatic carbocycles. The lowest BCUT2D eigenvalue weighted by atomic mass is 10.1. The molecule has 2 aromatic heterocycles. The van der Waals surface area contributed by atoms with Gasteiger partial charge in [0.1, 0.15) is 17.6 Å². The van der Waals surface area contributed by atoms with Crippen LogP contribution in [0.2, 0.25) is 0 Å². The zero-order valence-corrected chi connectivity index (χ0v) is 16.3. The van der Waals surface area contributed by atoms with Crippen molar-refractivity contribution >= 4 is 11.7 Å². The van der Waals surface area contributed by atoms with Crippen LogP contribution in [0.15, 0.2) is 53.1 Å². The van der Waals surface area contributed by atoms with Crippen LogP contribution < -0.4 is 10.6 Å². The summed E-state index contributed by atoms with van der Waals surface area (Å²) in [4.78, 5) is 12.6. The summed E-state index contributed by atoms with van der Waals surface area (Å²) in [5.41, 5.74) is 3.37. The fraction of sp³-hybridized carbons (Fsp3) is 0.273. The zero-order valence-electron chi connectivity index (χ0n) is 16.3. The van der Waals surface area contributed by atoms with Crippen LogP contribution in [0.5, 0.6) is 0 Å². The van der Waals surface area contributed by atoms with E-state index in [1.165, 1.54) is 0 Å². The molecule has 28 heavy (non-hydrogen) atoms. The van der Waals surface area contributed by atoms with Gasteiger partial charge in [0.2, 0.25) is 5.91 Å². The first kappa shape index (κ1) is 19.5. The Morgan fingerprint density at radius 2 is 1.96 bits per heavy atom. The Hall–Kier alpha value is -3.30. The highest BCUT2D eigenvalue weighted by atomic mass is 16.3. The van der Waals surface area contributed by atoms with Crippen LogP contribution in [0.4, 0.5) is 5.82 Å². The minimum atomic E-state index is -0.197. The highest BCUT2D eigenvalue weighted by Gasteiger charge is 2.20. The maximum atomic E-state index is 12.6. The molecule has 2 N–H and O–H groups in total. The molecule has 1 atom stereocenters. The summed E-state index contributed by atoms with van der Waals surface area (Å²) in [6, 6.07) is 15.9. The number of furan rings is 1. The fourth-order valence-electron chi connectivity index (χ4n) is 3.17. The highest BCUT2D eigenvalue weighted by molar-refractivity contribution is 5.93. The van der Waals surface area contributed by atoms with Gasteiger partial charge in [-0.3, -0.25) is 4.79 Å². The number of hydrogen-bond acceptors (Lipinski definition) is 4. The molecule has 0 saturated carbocycles. The van der Waals surface area contributed by atoms with Gasteiger partial charge in [0.25, 0.3) is 0 Å². The summed E-state index contributed by atoms with van der Waals surface area (Å²) in [7, 11) is 0. The Bertz CT molecular complexity index is 982. The minimum absolute atomic E-state index is 0.0424. The van der Waals surface area contributed by atoms with Crippen molar-refractivity contribution in [3.8, 4) is 6.07 Å². The molecule has 0 radical (unpaired) electrons. The Labute approximate surface area is 164 Å². The number of rotatable bonds is 7. The van der Waals surface area contributed by atoms with Gasteiger partial charge in [-0.25, -0.2) is 0 Å². The topological polar surface area (TPSA) is 83.0 Å². The number of nitrogens with zero attached hydrogens (tertiary/aromatic N) is 2. The van der Waals surface area contributed by atoms with Crippen molar-refractivity contribution in [1.82, 2.24) is 9.88 Å². The van der Waals surface area contributed by atoms with Crippen LogP contribution in [0.25, 0.3) is 0 Å². The van der Waals surface area contributed by atoms with Crippen LogP contribution >= 0.6 is 0 Å². The monoisotopic (exact) mass is 376 g/mol. The molecule has 6 heteroatoms. The van der Waals surface area contributed by atoms with E-state index in [0.29, 0.717) is 17.9 Å². The van der Waals surface area contributed by atoms with Gasteiger partial charge in [0, 0.05) is 11.7 Å². The van der Waals surface area contributed by atoms with Gasteiger partial charge in [-0.1, -0.05) is 30.3 Å². The average molecular weight is 376 g/mol. The van der Waals surface area contributed by atoms with Gasteiger partial charge in [-0.2, -0.15) is 5.26 Å². The summed E-state index contributed by atoms with van der Waals surface area (Å²) < 4.78 is 7.34. The summed E-state index contributed by atoms with van der Waals surface area (Å²) in [5.74, 6) is 1.07. The maximum absolute atomic E-state index is 12.6. The first-order chi connectivity index (χ1) is 13.5. The molecule has 2 heterocycles. The van der Waals surface area contributed by atoms with E-state index in [9.17, 15) is 10.1 Å². The molecular weight excluding hydrogens is 352 g/mol. The van der Waals surface area contributed by atoms with Crippen LogP contribution in [-0.2, 0) is 11.3 Å². The van der Waals surface area contributed by atoms with E-state index >= 15 is 0 Å². The van der Waals surface area contributed by atoms with Crippen LogP contribution in [0.1, 0.15) is 41.1 Å². The highest BCUT2D eigenvalue weighted by Crippen LogP contribution is 2.27. The number of nitrogens with one attached hydrogen (secondary N) is 2. The van der Waals surface area contributed by atoms with E-state index in [1.807, 2.05) is 67.8 Å². The SMILES string of the molecule is Cc1c(C#N)c(NC(=O)CN[C@H](C)c2ccccc2)n(Cc2ccco2)c1C. The zero-order chi connectivity index (χ0) is 20.1. The summed E-state index contributed by atoms with van der Waals surface area (Å²) in [6.45, 7) is 6.43. The number of aromatic nitrogens is 1. The van der Waals surface area contributed by atoms with E-state index in [1.54, 1.807) is 6.26 Å². The van der Waals surface area contributed by atoms with Gasteiger partial charge >= 0.3 is 0 Å². The third-order valence-corrected chi connectivity index (χ3v) is 4.96. The molecular formula is C22H24N4O2. The first-order valence-electron chi connectivity index (χ1n) is 9.21. The van der Waals surface area contributed by atoms with Crippen molar-refractivity contribution in [2.24, 2.45) is 0 Å². The van der Waals surface area contributed by atoms with E-state index < -0.39 is 0 Å². The molecule has 0 aliphatic heterocycles. The van der Waals surface area contributed by atoms with Crippen molar-refractivity contribution in [1.29, 1.82) is 5.26 Å². The molecule has 1 amide bonds. The summed E-state index contributed by atoms with van der Waals surface area (Å²) in [6.07, 6.45) is 1.61. The van der Waals surface area contributed by atoms with Crippen LogP contribution in [0, 0.1) is 25.2 Å². The number of anilines is 1. The number of nitriles is 1. The molecule has 144 valence electrons. The largest absolute Gasteiger partial charge is 0.467 e. The van der Waals surface area contributed by atoms with Gasteiger partial charge in [0.15, 0.2) is 0 Å². The molecule has 0 fully saturated rings. The second kappa shape index (κ2) is 8.59. The van der Waals surface area contributed by atoms with Crippen molar-refractivity contribution in [2.75, 3.05) is 11.9 Å². The van der Waals surface area contributed by atoms with E-state index in [4.69, 9.17) is 4.42 Å². The molecule has 6 nitrogen and oxygen atoms in total. The molecule has 0 aliphatic rings. The average Bonchev–Trinajstić information content (AvgIpc) is 3.30. The number of hydrogen-bond donors (Lipinski definition) is 2. The van der Waals surface area contributed by atoms with Crippen LogP contribution in [-0.4, -0.2) is 17.0 Å². The first-order valence-corrected chi connectivity index (χ1v) is 9.21. The van der Waals surface area contributed by atoms with Crippen molar-refractivity contribution in [3.05, 3.63) is 76.9 Å². The second-order valence-electron chi connectivity index (χ2n) is 6.77. The lowest BCUT2D eigenvalue weighted by molar-refractivity contribution is -0.115. The normalized spacial score (nSPS) is 11.8. The van der Waals surface area contributed by atoms with Gasteiger partial charge in [-0.05, 0) is 44.0 Å². The predicted octanol–water partition coefficient (Wildman–Crippen LogP) is 3.91. The van der Waals surface area contributed by atoms with E-state index in [-0.39, 0.29) is 18.5 Å². The number of carbonyl (C=O) groups excluding carboxylic acids is 1. The third kappa shape index (κ3) is 4.16. The van der Waals surface area contributed by atoms with Crippen LogP contribution in [0.3, 0.4) is 0 Å². The predicted molar refractivity (Wildman–Crippen MR) is 108 cm³/mol. The molecule has 3 rings (SSSR count). The summed E-state index contributed by atoms with van der Waals surface area (Å²) in [5, 5.41) is 15.7. The minimum Gasteiger partial charge on any atom is -0.467 e. The molecule has 0 spiro atoms. The maximum Gasteiger partial charge on any atom is 0.239 e. The Kier molecular flexibility index (Phi) is 5.97. The van der Waals surface area contributed by atoms with Crippen molar-refractivity contribution in [3.63, 3.8) is 0 Å². The third-order valence-electron chi connectivity index (χ3n) is 4.96. The van der Waals surface area contributed by atoms with Crippen molar-refractivity contribution < 1.29 is 9.21 Å². The number of benzene rings is 1. The second-order valence-corrected chi connectivity index (χ2v) is 6.77. The Morgan fingerprint density at radius 3 is 2.61 bits per heavy atom. The number of carbonyl (C=O) groups is 1. The molecule has 0 bridgehead atoms. The van der Waals surface area contributed by atoms with Gasteiger partial charge in [-0.15, -0.1) is 0 Å². The summed E-state index contributed by atoms with van der Waals surface area (Å²) >= 11 is 0. The Balaban J connectivity index is 1.74. The van der Waals surface area contributed by atoms with E-state index in [2.05, 4.69) is 16.7 Å². The smallest absolute Gasteiger partial charge is 0.239 e. The molecule has 0 saturated heterocycles. The molecule has 0 aliphatic carbocycles. The Morgan fingerprint density at radius 1 is 1.21 bits per heavy atom. The fourth-order valence-corrected chi connectivity index (χ4v) is 3.17. The lowest BCUT2D eigenvalue weighted by Crippen LogP contribution is -2.31. The standard InChI is InChI=1S/C22H24N4O2/c1-15-17(3)26(14-19-10-7-11-28-19)22(20(15)12-23)25-21(27)13-24-16(2)18-8-5-4-6-9-18/h4-11,16,24H,13-14H2,1-3H3,(H,25,27)/t16-/m1/s1. The number of amides is 1. The van der Waals surface area contributed by atoms with Crippen molar-refractivity contribution in [2.45, 2.75) is 33.4 Å². The molecule has 3 aromatic rings.